The lowest BCUT2D eigenvalue weighted by Gasteiger charge is -2.04. The van der Waals surface area contributed by atoms with E-state index < -0.39 is 0 Å². The first-order valence-corrected chi connectivity index (χ1v) is 6.00. The Morgan fingerprint density at radius 2 is 1.69 bits per heavy atom. The summed E-state index contributed by atoms with van der Waals surface area (Å²) >= 11 is 1.70. The van der Waals surface area contributed by atoms with Crippen LogP contribution in [-0.4, -0.2) is 9.97 Å². The van der Waals surface area contributed by atoms with E-state index in [1.807, 2.05) is 37.3 Å². The van der Waals surface area contributed by atoms with Crippen LogP contribution in [0.1, 0.15) is 5.69 Å². The van der Waals surface area contributed by atoms with Crippen LogP contribution in [0.3, 0.4) is 0 Å². The van der Waals surface area contributed by atoms with Gasteiger partial charge in [0.1, 0.15) is 5.69 Å². The molecule has 0 aliphatic rings. The van der Waals surface area contributed by atoms with Gasteiger partial charge in [-0.15, -0.1) is 11.3 Å². The number of fused-ring (bicyclic) bond motifs is 1. The van der Waals surface area contributed by atoms with Gasteiger partial charge < -0.3 is 0 Å². The maximum Gasteiger partial charge on any atom is 0.102 e. The summed E-state index contributed by atoms with van der Waals surface area (Å²) in [5.41, 5.74) is 3.90. The summed E-state index contributed by atoms with van der Waals surface area (Å²) in [6.45, 7) is 2.01. The molecule has 1 aromatic carbocycles. The minimum Gasteiger partial charge on any atom is -0.249 e. The molecule has 3 aromatic rings. The summed E-state index contributed by atoms with van der Waals surface area (Å²) in [5, 5.41) is 2.06. The van der Waals surface area contributed by atoms with Gasteiger partial charge in [-0.3, -0.25) is 0 Å². The van der Waals surface area contributed by atoms with Gasteiger partial charge in [0, 0.05) is 0 Å². The summed E-state index contributed by atoms with van der Waals surface area (Å²) in [4.78, 5) is 10.4. The molecule has 0 atom stereocenters. The van der Waals surface area contributed by atoms with Gasteiger partial charge >= 0.3 is 0 Å². The van der Waals surface area contributed by atoms with Crippen LogP contribution in [0.2, 0.25) is 0 Å². The van der Waals surface area contributed by atoms with Crippen LogP contribution in [0.15, 0.2) is 41.8 Å². The second-order valence-corrected chi connectivity index (χ2v) is 4.57. The van der Waals surface area contributed by atoms with E-state index in [-0.39, 0.29) is 0 Å². The maximum absolute atomic E-state index is 4.67. The number of hydrogen-bond donors (Lipinski definition) is 0. The Morgan fingerprint density at radius 3 is 2.38 bits per heavy atom. The molecule has 0 radical (unpaired) electrons. The number of thiophene rings is 1. The van der Waals surface area contributed by atoms with E-state index in [0.717, 1.165) is 22.4 Å². The lowest BCUT2D eigenvalue weighted by atomic mass is 10.2. The number of aryl methyl sites for hydroxylation is 1. The summed E-state index contributed by atoms with van der Waals surface area (Å²) in [5.74, 6) is 0. The minimum absolute atomic E-state index is 0.955. The van der Waals surface area contributed by atoms with Crippen LogP contribution in [0.5, 0.6) is 0 Å². The fourth-order valence-electron chi connectivity index (χ4n) is 1.73. The normalized spacial score (nSPS) is 10.8. The second-order valence-electron chi connectivity index (χ2n) is 3.62. The Bertz CT molecular complexity index is 629. The van der Waals surface area contributed by atoms with Gasteiger partial charge in [-0.2, -0.15) is 0 Å². The third-order valence-electron chi connectivity index (χ3n) is 2.50. The molecule has 2 heterocycles. The molecule has 0 aliphatic carbocycles. The zero-order valence-electron chi connectivity index (χ0n) is 8.84. The summed E-state index contributed by atoms with van der Waals surface area (Å²) in [7, 11) is 0. The molecule has 78 valence electrons. The van der Waals surface area contributed by atoms with E-state index in [1.165, 1.54) is 4.88 Å². The standard InChI is InChI=1S/C13H10N2S/c1-9-13(12-7-4-8-16-12)15-11-6-3-2-5-10(11)14-9/h2-8H,1H3. The fraction of sp³-hybridized carbons (Fsp3) is 0.0769. The molecule has 2 aromatic heterocycles. The van der Waals surface area contributed by atoms with Gasteiger partial charge in [0.05, 0.1) is 21.6 Å². The zero-order valence-corrected chi connectivity index (χ0v) is 9.66. The molecule has 0 fully saturated rings. The number of aromatic nitrogens is 2. The van der Waals surface area contributed by atoms with Gasteiger partial charge in [0.25, 0.3) is 0 Å². The predicted octanol–water partition coefficient (Wildman–Crippen LogP) is 3.67. The molecule has 16 heavy (non-hydrogen) atoms. The molecule has 0 N–H and O–H groups in total. The molecule has 3 heteroatoms. The summed E-state index contributed by atoms with van der Waals surface area (Å²) in [6, 6.07) is 12.1. The van der Waals surface area contributed by atoms with Crippen LogP contribution in [0.25, 0.3) is 21.6 Å². The molecule has 0 saturated carbocycles. The number of nitrogens with zero attached hydrogens (tertiary/aromatic N) is 2. The largest absolute Gasteiger partial charge is 0.249 e. The highest BCUT2D eigenvalue weighted by Crippen LogP contribution is 2.26. The first kappa shape index (κ1) is 9.48. The van der Waals surface area contributed by atoms with Gasteiger partial charge in [0.2, 0.25) is 0 Å². The van der Waals surface area contributed by atoms with E-state index in [0.29, 0.717) is 0 Å². The Balaban J connectivity index is 2.30. The Labute approximate surface area is 97.6 Å². The summed E-state index contributed by atoms with van der Waals surface area (Å²) in [6.07, 6.45) is 0. The number of benzene rings is 1. The highest BCUT2D eigenvalue weighted by Gasteiger charge is 2.07. The molecule has 0 saturated heterocycles. The van der Waals surface area contributed by atoms with E-state index in [2.05, 4.69) is 21.4 Å². The Kier molecular flexibility index (Phi) is 2.18. The quantitative estimate of drug-likeness (QED) is 0.632. The van der Waals surface area contributed by atoms with E-state index in [1.54, 1.807) is 11.3 Å². The first-order chi connectivity index (χ1) is 7.84. The van der Waals surface area contributed by atoms with Crippen LogP contribution < -0.4 is 0 Å². The number of hydrogen-bond acceptors (Lipinski definition) is 3. The molecule has 0 aliphatic heterocycles. The van der Waals surface area contributed by atoms with Crippen LogP contribution in [0, 0.1) is 6.92 Å². The predicted molar refractivity (Wildman–Crippen MR) is 67.6 cm³/mol. The Hall–Kier alpha value is -1.74. The molecule has 0 amide bonds. The van der Waals surface area contributed by atoms with E-state index in [9.17, 15) is 0 Å². The SMILES string of the molecule is Cc1nc2ccccc2nc1-c1cccs1. The molecule has 0 bridgehead atoms. The highest BCUT2D eigenvalue weighted by atomic mass is 32.1. The van der Waals surface area contributed by atoms with Crippen molar-refractivity contribution in [3.05, 3.63) is 47.5 Å². The second kappa shape index (κ2) is 3.68. The average molecular weight is 226 g/mol. The van der Waals surface area contributed by atoms with Crippen LogP contribution in [0.4, 0.5) is 0 Å². The smallest absolute Gasteiger partial charge is 0.102 e. The van der Waals surface area contributed by atoms with Crippen molar-refractivity contribution in [1.29, 1.82) is 0 Å². The lowest BCUT2D eigenvalue weighted by Crippen LogP contribution is -1.92. The maximum atomic E-state index is 4.67. The van der Waals surface area contributed by atoms with Crippen molar-refractivity contribution >= 4 is 22.4 Å². The van der Waals surface area contributed by atoms with Crippen molar-refractivity contribution in [3.8, 4) is 10.6 Å². The molecule has 0 spiro atoms. The third kappa shape index (κ3) is 1.49. The van der Waals surface area contributed by atoms with Crippen molar-refractivity contribution in [2.75, 3.05) is 0 Å². The van der Waals surface area contributed by atoms with Gasteiger partial charge in [-0.05, 0) is 30.5 Å². The van der Waals surface area contributed by atoms with Crippen molar-refractivity contribution in [3.63, 3.8) is 0 Å². The molecular formula is C13H10N2S. The van der Waals surface area contributed by atoms with Gasteiger partial charge in [0.15, 0.2) is 0 Å². The van der Waals surface area contributed by atoms with E-state index in [4.69, 9.17) is 0 Å². The molecule has 0 unspecified atom stereocenters. The van der Waals surface area contributed by atoms with Gasteiger partial charge in [-0.25, -0.2) is 9.97 Å². The van der Waals surface area contributed by atoms with E-state index >= 15 is 0 Å². The number of para-hydroxylation sites is 2. The van der Waals surface area contributed by atoms with Crippen LogP contribution in [-0.2, 0) is 0 Å². The van der Waals surface area contributed by atoms with Crippen molar-refractivity contribution in [2.24, 2.45) is 0 Å². The topological polar surface area (TPSA) is 25.8 Å². The minimum atomic E-state index is 0.955. The third-order valence-corrected chi connectivity index (χ3v) is 3.38. The number of rotatable bonds is 1. The fourth-order valence-corrected chi connectivity index (χ4v) is 2.50. The molecule has 3 rings (SSSR count). The first-order valence-electron chi connectivity index (χ1n) is 5.12. The van der Waals surface area contributed by atoms with Crippen molar-refractivity contribution < 1.29 is 0 Å². The molecule has 2 nitrogen and oxygen atoms in total. The summed E-state index contributed by atoms with van der Waals surface area (Å²) < 4.78 is 0. The van der Waals surface area contributed by atoms with Crippen molar-refractivity contribution in [2.45, 2.75) is 6.92 Å². The zero-order chi connectivity index (χ0) is 11.0. The van der Waals surface area contributed by atoms with Crippen molar-refractivity contribution in [1.82, 2.24) is 9.97 Å². The average Bonchev–Trinajstić information content (AvgIpc) is 2.81. The lowest BCUT2D eigenvalue weighted by molar-refractivity contribution is 1.20. The highest BCUT2D eigenvalue weighted by molar-refractivity contribution is 7.13. The van der Waals surface area contributed by atoms with Crippen LogP contribution >= 0.6 is 11.3 Å². The Morgan fingerprint density at radius 1 is 0.938 bits per heavy atom. The van der Waals surface area contributed by atoms with Gasteiger partial charge in [-0.1, -0.05) is 18.2 Å². The monoisotopic (exact) mass is 226 g/mol. The molecular weight excluding hydrogens is 216 g/mol.